The highest BCUT2D eigenvalue weighted by Crippen LogP contribution is 2.61. The van der Waals surface area contributed by atoms with Gasteiger partial charge in [-0.15, -0.1) is 0 Å². The first-order chi connectivity index (χ1) is 9.04. The minimum Gasteiger partial charge on any atom is -0.404 e. The van der Waals surface area contributed by atoms with Crippen LogP contribution in [0.2, 0.25) is 0 Å². The molecular formula is C14H21N3O2. The van der Waals surface area contributed by atoms with E-state index in [1.807, 2.05) is 4.90 Å². The fourth-order valence-electron chi connectivity index (χ4n) is 3.14. The number of fused-ring (bicyclic) bond motifs is 1. The molecule has 1 amide bonds. The molecule has 2 saturated heterocycles. The molecule has 2 N–H and O–H groups in total. The summed E-state index contributed by atoms with van der Waals surface area (Å²) in [5.74, 6) is 1.33. The third-order valence-corrected chi connectivity index (χ3v) is 4.88. The molecule has 1 aliphatic carbocycles. The van der Waals surface area contributed by atoms with Crippen molar-refractivity contribution >= 4 is 12.1 Å². The van der Waals surface area contributed by atoms with Crippen molar-refractivity contribution in [3.8, 4) is 0 Å². The summed E-state index contributed by atoms with van der Waals surface area (Å²) >= 11 is 0. The van der Waals surface area contributed by atoms with Crippen LogP contribution in [0.1, 0.15) is 13.8 Å². The summed E-state index contributed by atoms with van der Waals surface area (Å²) in [6.07, 6.45) is 2.96. The van der Waals surface area contributed by atoms with E-state index in [1.165, 1.54) is 6.20 Å². The van der Waals surface area contributed by atoms with Crippen LogP contribution in [0.4, 0.5) is 0 Å². The van der Waals surface area contributed by atoms with Gasteiger partial charge in [0.05, 0.1) is 24.8 Å². The van der Waals surface area contributed by atoms with Crippen molar-refractivity contribution in [1.29, 1.82) is 0 Å². The zero-order valence-corrected chi connectivity index (χ0v) is 11.5. The fourth-order valence-corrected chi connectivity index (χ4v) is 3.14. The van der Waals surface area contributed by atoms with Crippen molar-refractivity contribution in [2.45, 2.75) is 19.9 Å². The van der Waals surface area contributed by atoms with Crippen LogP contribution in [0.15, 0.2) is 16.8 Å². The zero-order chi connectivity index (χ0) is 13.6. The lowest BCUT2D eigenvalue weighted by molar-refractivity contribution is -0.126. The van der Waals surface area contributed by atoms with Gasteiger partial charge in [-0.1, -0.05) is 13.8 Å². The van der Waals surface area contributed by atoms with Crippen LogP contribution in [0.3, 0.4) is 0 Å². The van der Waals surface area contributed by atoms with Crippen LogP contribution in [-0.4, -0.2) is 49.4 Å². The lowest BCUT2D eigenvalue weighted by atomic mass is 10.1. The summed E-state index contributed by atoms with van der Waals surface area (Å²) in [7, 11) is 0. The largest absolute Gasteiger partial charge is 0.404 e. The number of carbonyl (C=O) groups excluding carboxylic acids is 1. The highest BCUT2D eigenvalue weighted by Gasteiger charge is 2.62. The van der Waals surface area contributed by atoms with E-state index in [2.05, 4.69) is 18.8 Å². The van der Waals surface area contributed by atoms with E-state index in [0.717, 1.165) is 13.1 Å². The number of piperidine rings is 1. The van der Waals surface area contributed by atoms with Gasteiger partial charge in [0, 0.05) is 25.5 Å². The molecule has 0 bridgehead atoms. The number of aliphatic imine (C=N–C) groups is 1. The predicted molar refractivity (Wildman–Crippen MR) is 72.7 cm³/mol. The third-order valence-electron chi connectivity index (χ3n) is 4.88. The van der Waals surface area contributed by atoms with E-state index in [0.29, 0.717) is 36.0 Å². The van der Waals surface area contributed by atoms with Gasteiger partial charge in [-0.2, -0.15) is 0 Å². The molecule has 2 atom stereocenters. The van der Waals surface area contributed by atoms with Gasteiger partial charge >= 0.3 is 0 Å². The molecule has 2 aliphatic heterocycles. The van der Waals surface area contributed by atoms with E-state index in [4.69, 9.17) is 10.5 Å². The number of rotatable bonds is 3. The Morgan fingerprint density at radius 1 is 1.37 bits per heavy atom. The standard InChI is InChI=1S/C14H21N3O2/c1-14(2)11-5-17(6-12(11)14)13(18)9(3-15)4-16-10-7-19-8-10/h3-4,10-12H,5-8,15H2,1-2H3/b9-3+,16-4?. The maximum atomic E-state index is 12.3. The minimum absolute atomic E-state index is 0.00879. The van der Waals surface area contributed by atoms with E-state index < -0.39 is 0 Å². The zero-order valence-electron chi connectivity index (χ0n) is 11.5. The predicted octanol–water partition coefficient (Wildman–Crippen LogP) is 0.413. The summed E-state index contributed by atoms with van der Waals surface area (Å²) in [5.41, 5.74) is 6.46. The summed E-state index contributed by atoms with van der Waals surface area (Å²) in [6.45, 7) is 7.56. The topological polar surface area (TPSA) is 67.9 Å². The Bertz CT molecular complexity index is 438. The number of carbonyl (C=O) groups is 1. The molecule has 0 spiro atoms. The number of hydrogen-bond acceptors (Lipinski definition) is 4. The van der Waals surface area contributed by atoms with Gasteiger partial charge in [0.2, 0.25) is 0 Å². The lowest BCUT2D eigenvalue weighted by Crippen LogP contribution is -2.35. The quantitative estimate of drug-likeness (QED) is 0.592. The monoisotopic (exact) mass is 263 g/mol. The number of ether oxygens (including phenoxy) is 1. The van der Waals surface area contributed by atoms with Crippen LogP contribution in [0.5, 0.6) is 0 Å². The molecule has 5 nitrogen and oxygen atoms in total. The number of hydrogen-bond donors (Lipinski definition) is 1. The van der Waals surface area contributed by atoms with Gasteiger partial charge in [0.25, 0.3) is 5.91 Å². The van der Waals surface area contributed by atoms with E-state index in [9.17, 15) is 4.79 Å². The van der Waals surface area contributed by atoms with Crippen LogP contribution in [0.25, 0.3) is 0 Å². The summed E-state index contributed by atoms with van der Waals surface area (Å²) in [5, 5.41) is 0. The molecule has 2 heterocycles. The maximum Gasteiger partial charge on any atom is 0.256 e. The van der Waals surface area contributed by atoms with Gasteiger partial charge in [-0.3, -0.25) is 9.79 Å². The van der Waals surface area contributed by atoms with Crippen molar-refractivity contribution in [3.63, 3.8) is 0 Å². The van der Waals surface area contributed by atoms with Crippen LogP contribution in [0, 0.1) is 17.3 Å². The van der Waals surface area contributed by atoms with Crippen molar-refractivity contribution in [3.05, 3.63) is 11.8 Å². The van der Waals surface area contributed by atoms with Gasteiger partial charge in [0.1, 0.15) is 0 Å². The Morgan fingerprint density at radius 2 is 2.00 bits per heavy atom. The second kappa shape index (κ2) is 4.34. The lowest BCUT2D eigenvalue weighted by Gasteiger charge is -2.23. The van der Waals surface area contributed by atoms with Gasteiger partial charge in [0.15, 0.2) is 0 Å². The molecule has 0 aromatic rings. The minimum atomic E-state index is 0.00879. The molecule has 104 valence electrons. The van der Waals surface area contributed by atoms with Crippen molar-refractivity contribution < 1.29 is 9.53 Å². The van der Waals surface area contributed by atoms with Crippen LogP contribution >= 0.6 is 0 Å². The summed E-state index contributed by atoms with van der Waals surface area (Å²) in [4.78, 5) is 18.5. The third kappa shape index (κ3) is 2.06. The molecule has 3 fully saturated rings. The van der Waals surface area contributed by atoms with E-state index in [-0.39, 0.29) is 11.9 Å². The van der Waals surface area contributed by atoms with Crippen LogP contribution < -0.4 is 5.73 Å². The van der Waals surface area contributed by atoms with Gasteiger partial charge < -0.3 is 15.4 Å². The highest BCUT2D eigenvalue weighted by molar-refractivity contribution is 6.12. The SMILES string of the molecule is CC1(C)C2CN(C(=O)/C(C=NC3COC3)=C/N)CC21. The molecule has 0 aromatic carbocycles. The first-order valence-electron chi connectivity index (χ1n) is 6.86. The Morgan fingerprint density at radius 3 is 2.47 bits per heavy atom. The van der Waals surface area contributed by atoms with E-state index in [1.54, 1.807) is 6.21 Å². The number of amides is 1. The van der Waals surface area contributed by atoms with E-state index >= 15 is 0 Å². The Balaban J connectivity index is 1.59. The number of likely N-dealkylation sites (tertiary alicyclic amines) is 1. The molecule has 3 aliphatic rings. The second-order valence-electron chi connectivity index (χ2n) is 6.34. The Labute approximate surface area is 113 Å². The summed E-state index contributed by atoms with van der Waals surface area (Å²) < 4.78 is 5.04. The number of nitrogens with zero attached hydrogens (tertiary/aromatic N) is 2. The fraction of sp³-hybridized carbons (Fsp3) is 0.714. The molecule has 3 rings (SSSR count). The Kier molecular flexibility index (Phi) is 2.89. The second-order valence-corrected chi connectivity index (χ2v) is 6.34. The molecule has 1 saturated carbocycles. The average molecular weight is 263 g/mol. The molecule has 0 radical (unpaired) electrons. The first-order valence-corrected chi connectivity index (χ1v) is 6.86. The van der Waals surface area contributed by atoms with Crippen molar-refractivity contribution in [2.75, 3.05) is 26.3 Å². The molecule has 0 aromatic heterocycles. The van der Waals surface area contributed by atoms with Crippen molar-refractivity contribution in [1.82, 2.24) is 4.90 Å². The smallest absolute Gasteiger partial charge is 0.256 e. The molecular weight excluding hydrogens is 242 g/mol. The normalized spacial score (nSPS) is 33.4. The average Bonchev–Trinajstić information content (AvgIpc) is 2.73. The molecule has 5 heteroatoms. The van der Waals surface area contributed by atoms with Crippen molar-refractivity contribution in [2.24, 2.45) is 28.0 Å². The van der Waals surface area contributed by atoms with Crippen LogP contribution in [-0.2, 0) is 9.53 Å². The van der Waals surface area contributed by atoms with Gasteiger partial charge in [-0.05, 0) is 17.3 Å². The Hall–Kier alpha value is -1.36. The summed E-state index contributed by atoms with van der Waals surface area (Å²) in [6, 6.07) is 0.189. The highest BCUT2D eigenvalue weighted by atomic mass is 16.5. The first kappa shape index (κ1) is 12.7. The maximum absolute atomic E-state index is 12.3. The number of nitrogens with two attached hydrogens (primary N) is 1. The van der Waals surface area contributed by atoms with Gasteiger partial charge in [-0.25, -0.2) is 0 Å². The molecule has 19 heavy (non-hydrogen) atoms. The molecule has 2 unspecified atom stereocenters.